The summed E-state index contributed by atoms with van der Waals surface area (Å²) in [5.74, 6) is 0.754. The molecule has 0 spiro atoms. The van der Waals surface area contributed by atoms with Gasteiger partial charge in [-0.05, 0) is 43.5 Å². The lowest BCUT2D eigenvalue weighted by Gasteiger charge is -2.15. The summed E-state index contributed by atoms with van der Waals surface area (Å²) in [5.41, 5.74) is 3.03. The van der Waals surface area contributed by atoms with Gasteiger partial charge in [-0.1, -0.05) is 30.3 Å². The highest BCUT2D eigenvalue weighted by molar-refractivity contribution is 7.71. The fraction of sp³-hybridized carbons (Fsp3) is 0.190. The van der Waals surface area contributed by atoms with Crippen LogP contribution in [0.25, 0.3) is 11.4 Å². The molecule has 0 bridgehead atoms. The molecule has 0 aliphatic heterocycles. The summed E-state index contributed by atoms with van der Waals surface area (Å²) in [6, 6.07) is 17.8. The number of rotatable bonds is 7. The fourth-order valence-corrected chi connectivity index (χ4v) is 3.43. The third-order valence-corrected chi connectivity index (χ3v) is 4.97. The van der Waals surface area contributed by atoms with E-state index >= 15 is 0 Å². The van der Waals surface area contributed by atoms with Crippen molar-refractivity contribution in [2.45, 2.75) is 13.2 Å². The molecule has 8 heteroatoms. The Labute approximate surface area is 174 Å². The van der Waals surface area contributed by atoms with Gasteiger partial charge in [0, 0.05) is 18.3 Å². The Hall–Kier alpha value is -3.23. The van der Waals surface area contributed by atoms with Gasteiger partial charge in [0.25, 0.3) is 0 Å². The summed E-state index contributed by atoms with van der Waals surface area (Å²) in [6.45, 7) is 1.30. The Balaban J connectivity index is 1.47. The number of ether oxygens (including phenoxy) is 1. The van der Waals surface area contributed by atoms with Crippen LogP contribution in [-0.2, 0) is 13.2 Å². The second-order valence-electron chi connectivity index (χ2n) is 6.74. The first-order chi connectivity index (χ1) is 14.2. The van der Waals surface area contributed by atoms with Crippen LogP contribution in [0.15, 0.2) is 73.3 Å². The maximum absolute atomic E-state index is 5.63. The highest BCUT2D eigenvalue weighted by atomic mass is 32.1. The Bertz CT molecular complexity index is 1150. The van der Waals surface area contributed by atoms with Gasteiger partial charge in [0.05, 0.1) is 31.4 Å². The van der Waals surface area contributed by atoms with E-state index < -0.39 is 0 Å². The van der Waals surface area contributed by atoms with E-state index in [0.717, 1.165) is 29.2 Å². The number of hydrogen-bond donors (Lipinski definition) is 0. The molecule has 0 radical (unpaired) electrons. The average Bonchev–Trinajstić information content (AvgIpc) is 3.36. The molecule has 2 aromatic heterocycles. The lowest BCUT2D eigenvalue weighted by Crippen LogP contribution is -2.22. The summed E-state index contributed by atoms with van der Waals surface area (Å²) < 4.78 is 11.6. The lowest BCUT2D eigenvalue weighted by molar-refractivity contribution is 0.244. The van der Waals surface area contributed by atoms with E-state index in [1.165, 1.54) is 0 Å². The molecule has 4 rings (SSSR count). The zero-order valence-electron chi connectivity index (χ0n) is 16.3. The number of methoxy groups -OCH3 is 1. The number of benzene rings is 2. The molecule has 4 aromatic rings. The van der Waals surface area contributed by atoms with Crippen LogP contribution >= 0.6 is 12.2 Å². The maximum atomic E-state index is 5.63. The minimum atomic E-state index is 0.567. The third-order valence-electron chi connectivity index (χ3n) is 4.56. The molecule has 29 heavy (non-hydrogen) atoms. The Morgan fingerprint density at radius 1 is 1.03 bits per heavy atom. The van der Waals surface area contributed by atoms with Crippen LogP contribution in [0.2, 0.25) is 0 Å². The first-order valence-corrected chi connectivity index (χ1v) is 9.62. The Morgan fingerprint density at radius 3 is 2.59 bits per heavy atom. The number of aromatic nitrogens is 5. The van der Waals surface area contributed by atoms with Gasteiger partial charge in [-0.15, -0.1) is 0 Å². The van der Waals surface area contributed by atoms with E-state index in [4.69, 9.17) is 17.0 Å². The summed E-state index contributed by atoms with van der Waals surface area (Å²) in [5, 5.41) is 8.92. The largest absolute Gasteiger partial charge is 0.495 e. The van der Waals surface area contributed by atoms with Gasteiger partial charge in [0.1, 0.15) is 12.1 Å². The van der Waals surface area contributed by atoms with Gasteiger partial charge in [-0.25, -0.2) is 9.36 Å². The minimum absolute atomic E-state index is 0.567. The normalized spacial score (nSPS) is 11.1. The van der Waals surface area contributed by atoms with Crippen LogP contribution < -0.4 is 4.74 Å². The van der Waals surface area contributed by atoms with Gasteiger partial charge in [-0.2, -0.15) is 10.2 Å². The number of para-hydroxylation sites is 3. The average molecular weight is 407 g/mol. The molecule has 2 aromatic carbocycles. The summed E-state index contributed by atoms with van der Waals surface area (Å²) in [4.78, 5) is 2.14. The second kappa shape index (κ2) is 8.42. The summed E-state index contributed by atoms with van der Waals surface area (Å²) >= 11 is 5.63. The highest BCUT2D eigenvalue weighted by Crippen LogP contribution is 2.22. The molecular formula is C21H22N6OS. The van der Waals surface area contributed by atoms with Crippen molar-refractivity contribution in [1.29, 1.82) is 0 Å². The monoisotopic (exact) mass is 406 g/mol. The van der Waals surface area contributed by atoms with Gasteiger partial charge in [0.15, 0.2) is 0 Å². The zero-order valence-corrected chi connectivity index (χ0v) is 17.2. The minimum Gasteiger partial charge on any atom is -0.495 e. The Kier molecular flexibility index (Phi) is 5.55. The molecule has 0 unspecified atom stereocenters. The van der Waals surface area contributed by atoms with Gasteiger partial charge in [-0.3, -0.25) is 9.47 Å². The second-order valence-corrected chi connectivity index (χ2v) is 7.10. The van der Waals surface area contributed by atoms with Crippen molar-refractivity contribution < 1.29 is 4.74 Å². The van der Waals surface area contributed by atoms with Crippen LogP contribution in [0.1, 0.15) is 5.56 Å². The van der Waals surface area contributed by atoms with E-state index in [0.29, 0.717) is 11.4 Å². The molecule has 0 saturated heterocycles. The van der Waals surface area contributed by atoms with Crippen LogP contribution in [-0.4, -0.2) is 43.2 Å². The summed E-state index contributed by atoms with van der Waals surface area (Å²) in [7, 11) is 3.68. The van der Waals surface area contributed by atoms with Gasteiger partial charge >= 0.3 is 0 Å². The molecule has 0 fully saturated rings. The maximum Gasteiger partial charge on any atom is 0.203 e. The van der Waals surface area contributed by atoms with Gasteiger partial charge in [0.2, 0.25) is 4.77 Å². The van der Waals surface area contributed by atoms with E-state index in [9.17, 15) is 0 Å². The first kappa shape index (κ1) is 19.1. The molecule has 0 N–H and O–H groups in total. The van der Waals surface area contributed by atoms with Crippen LogP contribution in [0.4, 0.5) is 0 Å². The van der Waals surface area contributed by atoms with E-state index in [1.54, 1.807) is 18.1 Å². The summed E-state index contributed by atoms with van der Waals surface area (Å²) in [6.07, 6.45) is 5.65. The van der Waals surface area contributed by atoms with Crippen molar-refractivity contribution >= 4 is 12.2 Å². The topological polar surface area (TPSA) is 53.0 Å². The number of nitrogens with zero attached hydrogens (tertiary/aromatic N) is 6. The first-order valence-electron chi connectivity index (χ1n) is 9.21. The van der Waals surface area contributed by atoms with Crippen LogP contribution in [0.3, 0.4) is 0 Å². The molecule has 0 aliphatic rings. The molecule has 7 nitrogen and oxygen atoms in total. The molecular weight excluding hydrogens is 384 g/mol. The van der Waals surface area contributed by atoms with Crippen molar-refractivity contribution in [3.05, 3.63) is 83.7 Å². The number of hydrogen-bond acceptors (Lipinski definition) is 5. The smallest absolute Gasteiger partial charge is 0.203 e. The molecule has 0 aliphatic carbocycles. The van der Waals surface area contributed by atoms with Crippen molar-refractivity contribution in [2.75, 3.05) is 14.2 Å². The van der Waals surface area contributed by atoms with Crippen LogP contribution in [0, 0.1) is 4.77 Å². The van der Waals surface area contributed by atoms with Crippen molar-refractivity contribution in [3.63, 3.8) is 0 Å². The predicted octanol–water partition coefficient (Wildman–Crippen LogP) is 3.69. The van der Waals surface area contributed by atoms with E-state index in [2.05, 4.69) is 15.1 Å². The molecule has 0 saturated carbocycles. The van der Waals surface area contributed by atoms with Crippen molar-refractivity contribution in [2.24, 2.45) is 0 Å². The van der Waals surface area contributed by atoms with E-state index in [1.807, 2.05) is 83.3 Å². The van der Waals surface area contributed by atoms with E-state index in [-0.39, 0.29) is 0 Å². The highest BCUT2D eigenvalue weighted by Gasteiger charge is 2.11. The lowest BCUT2D eigenvalue weighted by atomic mass is 10.3. The SMILES string of the molecule is COc1ccccc1-n1cnn(CN(C)Cc2cnn(-c3ccccc3)c2)c1=S. The molecule has 2 heterocycles. The quantitative estimate of drug-likeness (QED) is 0.438. The fourth-order valence-electron chi connectivity index (χ4n) is 3.18. The van der Waals surface area contributed by atoms with Crippen molar-refractivity contribution in [3.8, 4) is 17.1 Å². The van der Waals surface area contributed by atoms with Crippen LogP contribution in [0.5, 0.6) is 5.75 Å². The molecule has 0 amide bonds. The molecule has 0 atom stereocenters. The predicted molar refractivity (Wildman–Crippen MR) is 114 cm³/mol. The zero-order chi connectivity index (χ0) is 20.2. The molecule has 148 valence electrons. The standard InChI is InChI=1S/C21H22N6OS/c1-24(13-17-12-22-26(14-17)18-8-4-3-5-9-18)16-27-21(29)25(15-23-27)19-10-6-7-11-20(19)28-2/h3-12,14-15H,13,16H2,1-2H3. The third kappa shape index (κ3) is 4.13. The Morgan fingerprint density at radius 2 is 1.79 bits per heavy atom. The van der Waals surface area contributed by atoms with Gasteiger partial charge < -0.3 is 4.74 Å². The van der Waals surface area contributed by atoms with Crippen molar-refractivity contribution in [1.82, 2.24) is 29.0 Å².